The molecule has 0 atom stereocenters. The van der Waals surface area contributed by atoms with Crippen molar-refractivity contribution in [2.75, 3.05) is 0 Å². The molecule has 1 heterocycles. The topological polar surface area (TPSA) is 69.2 Å². The monoisotopic (exact) mass is 334 g/mol. The van der Waals surface area contributed by atoms with E-state index < -0.39 is 4.92 Å². The van der Waals surface area contributed by atoms with Gasteiger partial charge in [-0.2, -0.15) is 0 Å². The van der Waals surface area contributed by atoms with Gasteiger partial charge in [0, 0.05) is 23.8 Å². The van der Waals surface area contributed by atoms with Gasteiger partial charge in [0.2, 0.25) is 0 Å². The molecule has 5 nitrogen and oxygen atoms in total. The highest BCUT2D eigenvalue weighted by atomic mass is 35.5. The van der Waals surface area contributed by atoms with E-state index in [1.165, 1.54) is 12.1 Å². The molecule has 0 saturated heterocycles. The van der Waals surface area contributed by atoms with Gasteiger partial charge in [-0.05, 0) is 24.3 Å². The summed E-state index contributed by atoms with van der Waals surface area (Å²) in [5.41, 5.74) is 1.82. The molecular weight excluding hydrogens is 327 g/mol. The van der Waals surface area contributed by atoms with Crippen LogP contribution in [0, 0.1) is 10.1 Å². The van der Waals surface area contributed by atoms with Crippen LogP contribution in [0.1, 0.15) is 0 Å². The van der Waals surface area contributed by atoms with E-state index in [9.17, 15) is 10.1 Å². The lowest BCUT2D eigenvalue weighted by Gasteiger charge is -2.01. The van der Waals surface area contributed by atoms with Crippen LogP contribution in [0.4, 0.5) is 5.69 Å². The van der Waals surface area contributed by atoms with Crippen LogP contribution in [-0.4, -0.2) is 10.1 Å². The van der Waals surface area contributed by atoms with Gasteiger partial charge >= 0.3 is 0 Å². The molecule has 110 valence electrons. The summed E-state index contributed by atoms with van der Waals surface area (Å²) < 4.78 is 5.29. The van der Waals surface area contributed by atoms with Crippen molar-refractivity contribution in [2.24, 2.45) is 0 Å². The number of nitro benzene ring substituents is 1. The van der Waals surface area contributed by atoms with Crippen LogP contribution in [0.5, 0.6) is 0 Å². The zero-order valence-corrected chi connectivity index (χ0v) is 12.5. The number of non-ortho nitro benzene ring substituents is 1. The quantitative estimate of drug-likeness (QED) is 0.486. The fraction of sp³-hybridized carbons (Fsp3) is 0. The van der Waals surface area contributed by atoms with Crippen molar-refractivity contribution in [1.29, 1.82) is 0 Å². The van der Waals surface area contributed by atoms with E-state index in [0.29, 0.717) is 32.6 Å². The molecular formula is C15H8Cl2N2O3. The molecule has 0 unspecified atom stereocenters. The molecule has 1 aromatic heterocycles. The fourth-order valence-electron chi connectivity index (χ4n) is 2.02. The molecule has 0 aliphatic rings. The largest absolute Gasteiger partial charge is 0.356 e. The predicted molar refractivity (Wildman–Crippen MR) is 84.0 cm³/mol. The van der Waals surface area contributed by atoms with Gasteiger partial charge in [-0.25, -0.2) is 0 Å². The van der Waals surface area contributed by atoms with Gasteiger partial charge in [-0.3, -0.25) is 10.1 Å². The molecule has 2 aromatic carbocycles. The number of hydrogen-bond acceptors (Lipinski definition) is 4. The summed E-state index contributed by atoms with van der Waals surface area (Å²) in [6.45, 7) is 0. The van der Waals surface area contributed by atoms with E-state index >= 15 is 0 Å². The fourth-order valence-corrected chi connectivity index (χ4v) is 2.60. The molecule has 3 rings (SSSR count). The first kappa shape index (κ1) is 14.6. The minimum Gasteiger partial charge on any atom is -0.356 e. The summed E-state index contributed by atoms with van der Waals surface area (Å²) in [7, 11) is 0. The Morgan fingerprint density at radius 1 is 1.05 bits per heavy atom. The van der Waals surface area contributed by atoms with E-state index in [-0.39, 0.29) is 5.69 Å². The predicted octanol–water partition coefficient (Wildman–Crippen LogP) is 5.22. The highest BCUT2D eigenvalue weighted by Gasteiger charge is 2.15. The Balaban J connectivity index is 1.99. The van der Waals surface area contributed by atoms with Gasteiger partial charge in [0.05, 0.1) is 20.5 Å². The Morgan fingerprint density at radius 2 is 1.68 bits per heavy atom. The number of halogens is 2. The average Bonchev–Trinajstić information content (AvgIpc) is 2.97. The molecule has 22 heavy (non-hydrogen) atoms. The molecule has 0 fully saturated rings. The van der Waals surface area contributed by atoms with Gasteiger partial charge in [0.15, 0.2) is 5.76 Å². The van der Waals surface area contributed by atoms with Crippen molar-refractivity contribution in [3.05, 3.63) is 68.7 Å². The molecule has 0 amide bonds. The minimum atomic E-state index is -0.457. The normalized spacial score (nSPS) is 10.6. The lowest BCUT2D eigenvalue weighted by atomic mass is 10.1. The molecule has 0 bridgehead atoms. The Bertz CT molecular complexity index is 824. The SMILES string of the molecule is O=[N+]([O-])c1ccc(-c2cc(-c3c(Cl)cccc3Cl)on2)cc1. The van der Waals surface area contributed by atoms with Crippen LogP contribution in [0.25, 0.3) is 22.6 Å². The number of nitrogens with zero attached hydrogens (tertiary/aromatic N) is 2. The van der Waals surface area contributed by atoms with Crippen LogP contribution in [-0.2, 0) is 0 Å². The molecule has 0 N–H and O–H groups in total. The molecule has 0 spiro atoms. The molecule has 7 heteroatoms. The molecule has 0 saturated carbocycles. The maximum Gasteiger partial charge on any atom is 0.269 e. The van der Waals surface area contributed by atoms with Crippen molar-refractivity contribution >= 4 is 28.9 Å². The number of aromatic nitrogens is 1. The Hall–Kier alpha value is -2.37. The standard InChI is InChI=1S/C15H8Cl2N2O3/c16-11-2-1-3-12(17)15(11)14-8-13(18-22-14)9-4-6-10(7-5-9)19(20)21/h1-8H. The third-order valence-corrected chi connectivity index (χ3v) is 3.72. The molecule has 0 aliphatic carbocycles. The first-order valence-electron chi connectivity index (χ1n) is 6.22. The maximum absolute atomic E-state index is 10.7. The summed E-state index contributed by atoms with van der Waals surface area (Å²) in [4.78, 5) is 10.2. The van der Waals surface area contributed by atoms with Crippen LogP contribution in [0.3, 0.4) is 0 Å². The summed E-state index contributed by atoms with van der Waals surface area (Å²) >= 11 is 12.3. The number of rotatable bonds is 3. The van der Waals surface area contributed by atoms with Crippen LogP contribution >= 0.6 is 23.2 Å². The lowest BCUT2D eigenvalue weighted by Crippen LogP contribution is -1.87. The van der Waals surface area contributed by atoms with Crippen LogP contribution < -0.4 is 0 Å². The van der Waals surface area contributed by atoms with Gasteiger partial charge < -0.3 is 4.52 Å². The van der Waals surface area contributed by atoms with E-state index in [1.807, 2.05) is 0 Å². The van der Waals surface area contributed by atoms with Gasteiger partial charge in [0.25, 0.3) is 5.69 Å². The number of nitro groups is 1. The average molecular weight is 335 g/mol. The van der Waals surface area contributed by atoms with E-state index in [0.717, 1.165) is 0 Å². The smallest absolute Gasteiger partial charge is 0.269 e. The van der Waals surface area contributed by atoms with Crippen molar-refractivity contribution in [2.45, 2.75) is 0 Å². The molecule has 0 aliphatic heterocycles. The number of benzene rings is 2. The maximum atomic E-state index is 10.7. The second kappa shape index (κ2) is 5.79. The molecule has 0 radical (unpaired) electrons. The van der Waals surface area contributed by atoms with E-state index in [1.54, 1.807) is 36.4 Å². The lowest BCUT2D eigenvalue weighted by molar-refractivity contribution is -0.384. The second-order valence-electron chi connectivity index (χ2n) is 4.48. The van der Waals surface area contributed by atoms with Crippen LogP contribution in [0.15, 0.2) is 53.1 Å². The van der Waals surface area contributed by atoms with Gasteiger partial charge in [0.1, 0.15) is 5.69 Å². The highest BCUT2D eigenvalue weighted by molar-refractivity contribution is 6.39. The van der Waals surface area contributed by atoms with Crippen LogP contribution in [0.2, 0.25) is 10.0 Å². The number of hydrogen-bond donors (Lipinski definition) is 0. The zero-order valence-electron chi connectivity index (χ0n) is 11.0. The van der Waals surface area contributed by atoms with E-state index in [2.05, 4.69) is 5.16 Å². The van der Waals surface area contributed by atoms with Gasteiger partial charge in [-0.1, -0.05) is 34.4 Å². The third kappa shape index (κ3) is 2.68. The third-order valence-electron chi connectivity index (χ3n) is 3.09. The first-order chi connectivity index (χ1) is 10.6. The summed E-state index contributed by atoms with van der Waals surface area (Å²) in [5, 5.41) is 15.5. The zero-order chi connectivity index (χ0) is 15.7. The Labute approximate surface area is 135 Å². The summed E-state index contributed by atoms with van der Waals surface area (Å²) in [6, 6.07) is 12.9. The van der Waals surface area contributed by atoms with Crippen molar-refractivity contribution in [1.82, 2.24) is 5.16 Å². The molecule has 3 aromatic rings. The highest BCUT2D eigenvalue weighted by Crippen LogP contribution is 2.36. The Morgan fingerprint density at radius 3 is 2.27 bits per heavy atom. The van der Waals surface area contributed by atoms with Crippen molar-refractivity contribution in [3.63, 3.8) is 0 Å². The minimum absolute atomic E-state index is 0.0154. The first-order valence-corrected chi connectivity index (χ1v) is 6.98. The second-order valence-corrected chi connectivity index (χ2v) is 5.29. The van der Waals surface area contributed by atoms with Crippen molar-refractivity contribution < 1.29 is 9.45 Å². The summed E-state index contributed by atoms with van der Waals surface area (Å²) in [6.07, 6.45) is 0. The van der Waals surface area contributed by atoms with Crippen molar-refractivity contribution in [3.8, 4) is 22.6 Å². The Kier molecular flexibility index (Phi) is 3.83. The summed E-state index contributed by atoms with van der Waals surface area (Å²) in [5.74, 6) is 0.434. The van der Waals surface area contributed by atoms with E-state index in [4.69, 9.17) is 27.7 Å². The van der Waals surface area contributed by atoms with Gasteiger partial charge in [-0.15, -0.1) is 0 Å².